The zero-order chi connectivity index (χ0) is 20.1. The van der Waals surface area contributed by atoms with Crippen LogP contribution in [0.3, 0.4) is 0 Å². The van der Waals surface area contributed by atoms with Crippen LogP contribution >= 0.6 is 11.3 Å². The Balaban J connectivity index is 1.60. The maximum absolute atomic E-state index is 12.0. The molecular formula is C20H19N5O2S. The van der Waals surface area contributed by atoms with E-state index in [1.807, 2.05) is 63.2 Å². The van der Waals surface area contributed by atoms with E-state index in [0.29, 0.717) is 5.01 Å². The molecule has 0 unspecified atom stereocenters. The van der Waals surface area contributed by atoms with Crippen molar-refractivity contribution in [3.05, 3.63) is 64.7 Å². The number of aromatic nitrogens is 2. The van der Waals surface area contributed by atoms with Gasteiger partial charge in [0.2, 0.25) is 5.13 Å². The lowest BCUT2D eigenvalue weighted by Crippen LogP contribution is -2.32. The highest BCUT2D eigenvalue weighted by Crippen LogP contribution is 2.25. The van der Waals surface area contributed by atoms with Crippen LogP contribution in [-0.4, -0.2) is 28.2 Å². The molecule has 7 nitrogen and oxygen atoms in total. The van der Waals surface area contributed by atoms with Gasteiger partial charge in [-0.2, -0.15) is 5.10 Å². The highest BCUT2D eigenvalue weighted by molar-refractivity contribution is 7.18. The van der Waals surface area contributed by atoms with Crippen LogP contribution in [0, 0.1) is 20.8 Å². The lowest BCUT2D eigenvalue weighted by Gasteiger charge is -2.06. The van der Waals surface area contributed by atoms with Gasteiger partial charge in [-0.1, -0.05) is 59.4 Å². The van der Waals surface area contributed by atoms with E-state index < -0.39 is 11.8 Å². The van der Waals surface area contributed by atoms with E-state index in [4.69, 9.17) is 0 Å². The van der Waals surface area contributed by atoms with Crippen LogP contribution in [-0.2, 0) is 9.59 Å². The summed E-state index contributed by atoms with van der Waals surface area (Å²) in [5.74, 6) is -1.74. The number of hydrogen-bond acceptors (Lipinski definition) is 6. The standard InChI is InChI=1S/C20H19N5O2S/c1-12-9-13(2)16(14(3)10-12)11-21-23-18(27)17(26)22-20-25-24-19(28-20)15-7-5-4-6-8-15/h4-11H,1-3H3,(H,23,27)(H,22,25,26). The molecule has 0 saturated heterocycles. The Labute approximate surface area is 166 Å². The fourth-order valence-corrected chi connectivity index (χ4v) is 3.47. The van der Waals surface area contributed by atoms with Crippen LogP contribution in [0.15, 0.2) is 47.6 Å². The van der Waals surface area contributed by atoms with Crippen LogP contribution in [0.5, 0.6) is 0 Å². The SMILES string of the molecule is Cc1cc(C)c(C=NNC(=O)C(=O)Nc2nnc(-c3ccccc3)s2)c(C)c1. The minimum absolute atomic E-state index is 0.244. The van der Waals surface area contributed by atoms with Crippen molar-refractivity contribution in [3.63, 3.8) is 0 Å². The quantitative estimate of drug-likeness (QED) is 0.404. The Morgan fingerprint density at radius 3 is 2.36 bits per heavy atom. The third-order valence-corrected chi connectivity index (χ3v) is 4.86. The Hall–Kier alpha value is -3.39. The fraction of sp³-hybridized carbons (Fsp3) is 0.150. The minimum atomic E-state index is -0.880. The number of carbonyl (C=O) groups excluding carboxylic acids is 2. The molecule has 0 aliphatic rings. The van der Waals surface area contributed by atoms with Crippen molar-refractivity contribution in [1.29, 1.82) is 0 Å². The molecule has 1 aromatic heterocycles. The average Bonchev–Trinajstić information content (AvgIpc) is 3.12. The minimum Gasteiger partial charge on any atom is -0.292 e. The van der Waals surface area contributed by atoms with Gasteiger partial charge in [0.05, 0.1) is 6.21 Å². The second-order valence-corrected chi connectivity index (χ2v) is 7.22. The predicted molar refractivity (Wildman–Crippen MR) is 110 cm³/mol. The Bertz CT molecular complexity index is 1020. The monoisotopic (exact) mass is 393 g/mol. The molecule has 28 heavy (non-hydrogen) atoms. The molecule has 1 heterocycles. The summed E-state index contributed by atoms with van der Waals surface area (Å²) in [6.07, 6.45) is 1.54. The first kappa shape index (κ1) is 19.4. The largest absolute Gasteiger partial charge is 0.329 e. The summed E-state index contributed by atoms with van der Waals surface area (Å²) in [6, 6.07) is 13.5. The summed E-state index contributed by atoms with van der Waals surface area (Å²) in [4.78, 5) is 24.0. The second-order valence-electron chi connectivity index (χ2n) is 6.24. The molecule has 0 aliphatic carbocycles. The van der Waals surface area contributed by atoms with Crippen molar-refractivity contribution in [3.8, 4) is 10.6 Å². The summed E-state index contributed by atoms with van der Waals surface area (Å²) in [5, 5.41) is 15.1. The second kappa shape index (κ2) is 8.53. The van der Waals surface area contributed by atoms with E-state index in [9.17, 15) is 9.59 Å². The van der Waals surface area contributed by atoms with Gasteiger partial charge in [0.15, 0.2) is 0 Å². The number of nitrogens with zero attached hydrogens (tertiary/aromatic N) is 3. The van der Waals surface area contributed by atoms with Crippen LogP contribution in [0.1, 0.15) is 22.3 Å². The third kappa shape index (κ3) is 4.66. The average molecular weight is 393 g/mol. The van der Waals surface area contributed by atoms with Crippen molar-refractivity contribution in [1.82, 2.24) is 15.6 Å². The first-order valence-corrected chi connectivity index (χ1v) is 9.37. The molecule has 3 aromatic rings. The van der Waals surface area contributed by atoms with Gasteiger partial charge in [-0.15, -0.1) is 10.2 Å². The summed E-state index contributed by atoms with van der Waals surface area (Å²) in [6.45, 7) is 5.95. The van der Waals surface area contributed by atoms with Gasteiger partial charge in [-0.05, 0) is 31.9 Å². The highest BCUT2D eigenvalue weighted by atomic mass is 32.1. The van der Waals surface area contributed by atoms with Gasteiger partial charge in [0.1, 0.15) is 5.01 Å². The molecule has 0 atom stereocenters. The maximum Gasteiger partial charge on any atom is 0.329 e. The number of aryl methyl sites for hydroxylation is 3. The van der Waals surface area contributed by atoms with Crippen LogP contribution < -0.4 is 10.7 Å². The molecule has 2 N–H and O–H groups in total. The van der Waals surface area contributed by atoms with Crippen LogP contribution in [0.25, 0.3) is 10.6 Å². The molecule has 0 radical (unpaired) electrons. The normalized spacial score (nSPS) is 10.8. The number of benzene rings is 2. The number of nitrogens with one attached hydrogen (secondary N) is 2. The number of anilines is 1. The summed E-state index contributed by atoms with van der Waals surface area (Å²) < 4.78 is 0. The molecular weight excluding hydrogens is 374 g/mol. The molecule has 0 saturated carbocycles. The summed E-state index contributed by atoms with van der Waals surface area (Å²) in [7, 11) is 0. The number of hydrogen-bond donors (Lipinski definition) is 2. The predicted octanol–water partition coefficient (Wildman–Crippen LogP) is 3.22. The topological polar surface area (TPSA) is 96.3 Å². The zero-order valence-electron chi connectivity index (χ0n) is 15.7. The van der Waals surface area contributed by atoms with Gasteiger partial charge >= 0.3 is 11.8 Å². The van der Waals surface area contributed by atoms with Crippen molar-refractivity contribution in [2.75, 3.05) is 5.32 Å². The van der Waals surface area contributed by atoms with Gasteiger partial charge in [-0.25, -0.2) is 5.43 Å². The van der Waals surface area contributed by atoms with Gasteiger partial charge < -0.3 is 0 Å². The zero-order valence-corrected chi connectivity index (χ0v) is 16.5. The maximum atomic E-state index is 12.0. The summed E-state index contributed by atoms with van der Waals surface area (Å²) >= 11 is 1.19. The number of amides is 2. The lowest BCUT2D eigenvalue weighted by atomic mass is 10.0. The molecule has 142 valence electrons. The van der Waals surface area contributed by atoms with Crippen molar-refractivity contribution in [2.45, 2.75) is 20.8 Å². The Morgan fingerprint density at radius 1 is 1.00 bits per heavy atom. The van der Waals surface area contributed by atoms with Gasteiger partial charge in [-0.3, -0.25) is 14.9 Å². The number of hydrazone groups is 1. The number of rotatable bonds is 4. The van der Waals surface area contributed by atoms with Crippen molar-refractivity contribution >= 4 is 34.5 Å². The Kier molecular flexibility index (Phi) is 5.90. The van der Waals surface area contributed by atoms with Crippen LogP contribution in [0.4, 0.5) is 5.13 Å². The molecule has 3 rings (SSSR count). The lowest BCUT2D eigenvalue weighted by molar-refractivity contribution is -0.136. The molecule has 0 aliphatic heterocycles. The summed E-state index contributed by atoms with van der Waals surface area (Å²) in [5.41, 5.74) is 7.27. The van der Waals surface area contributed by atoms with E-state index in [0.717, 1.165) is 27.8 Å². The van der Waals surface area contributed by atoms with Crippen LogP contribution in [0.2, 0.25) is 0 Å². The van der Waals surface area contributed by atoms with Gasteiger partial charge in [0, 0.05) is 11.1 Å². The molecule has 8 heteroatoms. The van der Waals surface area contributed by atoms with E-state index in [-0.39, 0.29) is 5.13 Å². The van der Waals surface area contributed by atoms with E-state index in [2.05, 4.69) is 26.0 Å². The first-order chi connectivity index (χ1) is 13.4. The molecule has 0 spiro atoms. The molecule has 2 amide bonds. The third-order valence-electron chi connectivity index (χ3n) is 3.97. The smallest absolute Gasteiger partial charge is 0.292 e. The molecule has 0 bridgehead atoms. The fourth-order valence-electron chi connectivity index (χ4n) is 2.73. The van der Waals surface area contributed by atoms with E-state index in [1.165, 1.54) is 17.6 Å². The highest BCUT2D eigenvalue weighted by Gasteiger charge is 2.16. The van der Waals surface area contributed by atoms with Crippen molar-refractivity contribution < 1.29 is 9.59 Å². The van der Waals surface area contributed by atoms with E-state index in [1.54, 1.807) is 0 Å². The van der Waals surface area contributed by atoms with Gasteiger partial charge in [0.25, 0.3) is 0 Å². The molecule has 0 fully saturated rings. The van der Waals surface area contributed by atoms with Crippen molar-refractivity contribution in [2.24, 2.45) is 5.10 Å². The Morgan fingerprint density at radius 2 is 1.68 bits per heavy atom. The van der Waals surface area contributed by atoms with E-state index >= 15 is 0 Å². The number of carbonyl (C=O) groups is 2. The molecule has 2 aromatic carbocycles. The first-order valence-electron chi connectivity index (χ1n) is 8.55.